The van der Waals surface area contributed by atoms with E-state index in [1.165, 1.54) is 5.56 Å². The van der Waals surface area contributed by atoms with Gasteiger partial charge in [0.25, 0.3) is 5.91 Å². The number of nitrogens with zero attached hydrogens (tertiary/aromatic N) is 2. The average Bonchev–Trinajstić information content (AvgIpc) is 3.13. The van der Waals surface area contributed by atoms with Crippen LogP contribution in [0.2, 0.25) is 18.1 Å². The minimum Gasteiger partial charge on any atom is -0.494 e. The van der Waals surface area contributed by atoms with E-state index in [-0.39, 0.29) is 28.3 Å². The van der Waals surface area contributed by atoms with E-state index < -0.39 is 14.2 Å². The van der Waals surface area contributed by atoms with Crippen LogP contribution in [-0.2, 0) is 9.84 Å². The first kappa shape index (κ1) is 26.1. The number of benzene rings is 1. The summed E-state index contributed by atoms with van der Waals surface area (Å²) in [7, 11) is -1.98. The Morgan fingerprint density at radius 3 is 2.38 bits per heavy atom. The lowest BCUT2D eigenvalue weighted by atomic mass is 9.87. The summed E-state index contributed by atoms with van der Waals surface area (Å²) >= 11 is 0. The molecule has 0 aliphatic carbocycles. The first-order chi connectivity index (χ1) is 14.6. The van der Waals surface area contributed by atoms with Crippen molar-refractivity contribution in [3.63, 3.8) is 0 Å². The zero-order valence-electron chi connectivity index (χ0n) is 21.2. The number of ether oxygens (including phenoxy) is 1. The Balaban J connectivity index is 2.19. The van der Waals surface area contributed by atoms with E-state index in [0.717, 1.165) is 5.75 Å². The molecule has 0 saturated heterocycles. The maximum Gasteiger partial charge on any atom is 0.268 e. The zero-order chi connectivity index (χ0) is 24.3. The van der Waals surface area contributed by atoms with Gasteiger partial charge in [-0.1, -0.05) is 53.7 Å². The molecule has 0 bridgehead atoms. The molecule has 2 rings (SSSR count). The predicted molar refractivity (Wildman–Crippen MR) is 133 cm³/mol. The summed E-state index contributed by atoms with van der Waals surface area (Å²) in [4.78, 5) is 15.7. The van der Waals surface area contributed by atoms with Crippen molar-refractivity contribution in [1.82, 2.24) is 9.55 Å². The molecule has 32 heavy (non-hydrogen) atoms. The van der Waals surface area contributed by atoms with Gasteiger partial charge in [-0.05, 0) is 48.2 Å². The molecule has 2 unspecified atom stereocenters. The monoisotopic (exact) mass is 459 g/mol. The number of amides is 1. The van der Waals surface area contributed by atoms with Gasteiger partial charge in [-0.2, -0.15) is 0 Å². The predicted octanol–water partition coefficient (Wildman–Crippen LogP) is 5.70. The molecule has 6 nitrogen and oxygen atoms in total. The lowest BCUT2D eigenvalue weighted by molar-refractivity contribution is 0.0994. The molecule has 1 aromatic heterocycles. The van der Waals surface area contributed by atoms with Crippen LogP contribution in [0.1, 0.15) is 77.0 Å². The molecule has 0 spiro atoms. The maximum atomic E-state index is 11.6. The molecule has 1 amide bonds. The van der Waals surface area contributed by atoms with Crippen molar-refractivity contribution >= 4 is 14.2 Å². The first-order valence-electron chi connectivity index (χ1n) is 11.4. The smallest absolute Gasteiger partial charge is 0.268 e. The topological polar surface area (TPSA) is 79.4 Å². The van der Waals surface area contributed by atoms with Gasteiger partial charge in [0.1, 0.15) is 11.4 Å². The standard InChI is InChI=1S/C25H41N3O3Si/c1-18(31-32(8,9)25(5,6)7)22(28-16-21(23(26)29)27-17-28)13-14-30-20-12-10-11-19(15-20)24(2,3)4/h10-12,15-18,22H,13-14H2,1-9H3,(H2,26,29). The Bertz CT molecular complexity index is 910. The maximum absolute atomic E-state index is 11.6. The van der Waals surface area contributed by atoms with Crippen molar-refractivity contribution < 1.29 is 14.0 Å². The van der Waals surface area contributed by atoms with E-state index in [9.17, 15) is 4.79 Å². The SMILES string of the molecule is CC(O[Si](C)(C)C(C)(C)C)C(CCOc1cccc(C(C)(C)C)c1)n1cnc(C(N)=O)c1. The number of rotatable bonds is 9. The number of imidazole rings is 1. The van der Waals surface area contributed by atoms with E-state index in [4.69, 9.17) is 14.9 Å². The van der Waals surface area contributed by atoms with Crippen molar-refractivity contribution in [2.45, 2.75) is 90.6 Å². The van der Waals surface area contributed by atoms with Crippen molar-refractivity contribution in [3.05, 3.63) is 48.0 Å². The molecular weight excluding hydrogens is 418 g/mol. The highest BCUT2D eigenvalue weighted by Gasteiger charge is 2.40. The Morgan fingerprint density at radius 2 is 1.84 bits per heavy atom. The number of hydrogen-bond acceptors (Lipinski definition) is 4. The number of carbonyl (C=O) groups excluding carboxylic acids is 1. The van der Waals surface area contributed by atoms with Crippen LogP contribution in [-0.4, -0.2) is 36.5 Å². The van der Waals surface area contributed by atoms with Crippen molar-refractivity contribution in [1.29, 1.82) is 0 Å². The number of hydrogen-bond donors (Lipinski definition) is 1. The van der Waals surface area contributed by atoms with E-state index in [1.54, 1.807) is 12.5 Å². The van der Waals surface area contributed by atoms with Crippen LogP contribution in [0.25, 0.3) is 0 Å². The molecule has 0 saturated carbocycles. The molecule has 0 aliphatic heterocycles. The second-order valence-electron chi connectivity index (χ2n) is 11.1. The first-order valence-corrected chi connectivity index (χ1v) is 14.3. The lowest BCUT2D eigenvalue weighted by Crippen LogP contribution is -2.45. The fourth-order valence-electron chi connectivity index (χ4n) is 3.34. The third-order valence-electron chi connectivity index (χ3n) is 6.45. The van der Waals surface area contributed by atoms with Crippen molar-refractivity contribution in [2.75, 3.05) is 6.61 Å². The molecule has 1 heterocycles. The van der Waals surface area contributed by atoms with E-state index in [0.29, 0.717) is 13.0 Å². The molecule has 7 heteroatoms. The van der Waals surface area contributed by atoms with Gasteiger partial charge in [0.05, 0.1) is 25.1 Å². The fourth-order valence-corrected chi connectivity index (χ4v) is 4.78. The molecule has 2 aromatic rings. The van der Waals surface area contributed by atoms with Gasteiger partial charge >= 0.3 is 0 Å². The van der Waals surface area contributed by atoms with Gasteiger partial charge in [0.2, 0.25) is 0 Å². The van der Waals surface area contributed by atoms with Crippen LogP contribution in [0.15, 0.2) is 36.8 Å². The van der Waals surface area contributed by atoms with E-state index >= 15 is 0 Å². The van der Waals surface area contributed by atoms with Crippen LogP contribution in [0.4, 0.5) is 0 Å². The highest BCUT2D eigenvalue weighted by molar-refractivity contribution is 6.74. The summed E-state index contributed by atoms with van der Waals surface area (Å²) in [6.07, 6.45) is 4.01. The molecule has 178 valence electrons. The Kier molecular flexibility index (Phi) is 7.99. The second-order valence-corrected chi connectivity index (χ2v) is 15.9. The third-order valence-corrected chi connectivity index (χ3v) is 11.0. The molecule has 0 radical (unpaired) electrons. The van der Waals surface area contributed by atoms with Crippen molar-refractivity contribution in [3.8, 4) is 5.75 Å². The summed E-state index contributed by atoms with van der Waals surface area (Å²) in [5, 5.41) is 0.100. The highest BCUT2D eigenvalue weighted by Crippen LogP contribution is 2.39. The number of carbonyl (C=O) groups is 1. The van der Waals surface area contributed by atoms with Crippen LogP contribution in [0.5, 0.6) is 5.75 Å². The molecule has 0 aliphatic rings. The Hall–Kier alpha value is -2.12. The summed E-state index contributed by atoms with van der Waals surface area (Å²) in [6, 6.07) is 8.22. The second kappa shape index (κ2) is 9.79. The number of aromatic nitrogens is 2. The van der Waals surface area contributed by atoms with Crippen LogP contribution < -0.4 is 10.5 Å². The Morgan fingerprint density at radius 1 is 1.19 bits per heavy atom. The van der Waals surface area contributed by atoms with Gasteiger partial charge in [-0.15, -0.1) is 0 Å². The van der Waals surface area contributed by atoms with Gasteiger partial charge in [-0.25, -0.2) is 4.98 Å². The van der Waals surface area contributed by atoms with E-state index in [1.807, 2.05) is 16.7 Å². The van der Waals surface area contributed by atoms with Crippen LogP contribution in [0, 0.1) is 0 Å². The molecule has 1 aromatic carbocycles. The number of nitrogens with two attached hydrogens (primary N) is 1. The number of primary amides is 1. The Labute approximate surface area is 194 Å². The van der Waals surface area contributed by atoms with Gasteiger partial charge < -0.3 is 19.5 Å². The summed E-state index contributed by atoms with van der Waals surface area (Å²) in [5.41, 5.74) is 6.98. The normalized spacial score (nSPS) is 14.8. The minimum absolute atomic E-state index is 0.0319. The third kappa shape index (κ3) is 6.69. The fraction of sp³-hybridized carbons (Fsp3) is 0.600. The molecule has 0 fully saturated rings. The largest absolute Gasteiger partial charge is 0.494 e. The summed E-state index contributed by atoms with van der Waals surface area (Å²) < 4.78 is 14.7. The van der Waals surface area contributed by atoms with E-state index in [2.05, 4.69) is 78.7 Å². The quantitative estimate of drug-likeness (QED) is 0.488. The van der Waals surface area contributed by atoms with Crippen molar-refractivity contribution in [2.24, 2.45) is 5.73 Å². The van der Waals surface area contributed by atoms with Gasteiger partial charge in [0, 0.05) is 12.6 Å². The van der Waals surface area contributed by atoms with Crippen LogP contribution >= 0.6 is 0 Å². The summed E-state index contributed by atoms with van der Waals surface area (Å²) in [6.45, 7) is 20.4. The highest BCUT2D eigenvalue weighted by atomic mass is 28.4. The van der Waals surface area contributed by atoms with Gasteiger partial charge in [-0.3, -0.25) is 4.79 Å². The van der Waals surface area contributed by atoms with Crippen LogP contribution in [0.3, 0.4) is 0 Å². The average molecular weight is 460 g/mol. The minimum atomic E-state index is -1.98. The molecule has 2 atom stereocenters. The molecular formula is C25H41N3O3Si. The zero-order valence-corrected chi connectivity index (χ0v) is 22.2. The lowest BCUT2D eigenvalue weighted by Gasteiger charge is -2.40. The summed E-state index contributed by atoms with van der Waals surface area (Å²) in [5.74, 6) is 0.327. The van der Waals surface area contributed by atoms with Gasteiger partial charge in [0.15, 0.2) is 8.32 Å². The molecule has 2 N–H and O–H groups in total.